The Bertz CT molecular complexity index is 484. The van der Waals surface area contributed by atoms with Crippen LogP contribution in [0.3, 0.4) is 0 Å². The Labute approximate surface area is 101 Å². The summed E-state index contributed by atoms with van der Waals surface area (Å²) < 4.78 is 0.662. The van der Waals surface area contributed by atoms with Gasteiger partial charge in [0.05, 0.1) is 17.7 Å². The van der Waals surface area contributed by atoms with E-state index in [2.05, 4.69) is 15.9 Å². The molecule has 0 fully saturated rings. The Morgan fingerprint density at radius 1 is 1.56 bits per heavy atom. The minimum absolute atomic E-state index is 0.0146. The first-order chi connectivity index (χ1) is 7.54. The SMILES string of the molecule is CCN1C(=O)Cc2cc(C(=O)O)cc(Br)c21. The van der Waals surface area contributed by atoms with E-state index >= 15 is 0 Å². The highest BCUT2D eigenvalue weighted by Gasteiger charge is 2.29. The largest absolute Gasteiger partial charge is 0.478 e. The maximum Gasteiger partial charge on any atom is 0.335 e. The van der Waals surface area contributed by atoms with Gasteiger partial charge in [-0.15, -0.1) is 0 Å². The van der Waals surface area contributed by atoms with Gasteiger partial charge in [0.1, 0.15) is 0 Å². The first kappa shape index (κ1) is 11.1. The van der Waals surface area contributed by atoms with Crippen molar-refractivity contribution < 1.29 is 14.7 Å². The molecule has 1 N–H and O–H groups in total. The highest BCUT2D eigenvalue weighted by molar-refractivity contribution is 9.10. The Morgan fingerprint density at radius 2 is 2.25 bits per heavy atom. The van der Waals surface area contributed by atoms with Gasteiger partial charge in [-0.2, -0.15) is 0 Å². The van der Waals surface area contributed by atoms with Crippen LogP contribution >= 0.6 is 15.9 Å². The summed E-state index contributed by atoms with van der Waals surface area (Å²) in [6.45, 7) is 2.49. The molecule has 5 heteroatoms. The monoisotopic (exact) mass is 283 g/mol. The molecule has 2 rings (SSSR count). The summed E-state index contributed by atoms with van der Waals surface area (Å²) >= 11 is 3.32. The number of hydrogen-bond donors (Lipinski definition) is 1. The van der Waals surface area contributed by atoms with Crippen molar-refractivity contribution in [3.63, 3.8) is 0 Å². The summed E-state index contributed by atoms with van der Waals surface area (Å²) in [4.78, 5) is 24.2. The summed E-state index contributed by atoms with van der Waals surface area (Å²) in [7, 11) is 0. The van der Waals surface area contributed by atoms with Crippen molar-refractivity contribution in [1.29, 1.82) is 0 Å². The van der Waals surface area contributed by atoms with Crippen LogP contribution in [-0.4, -0.2) is 23.5 Å². The van der Waals surface area contributed by atoms with E-state index in [0.29, 0.717) is 11.0 Å². The number of aromatic carboxylic acids is 1. The molecule has 0 saturated heterocycles. The number of hydrogen-bond acceptors (Lipinski definition) is 2. The van der Waals surface area contributed by atoms with Gasteiger partial charge in [0.15, 0.2) is 0 Å². The molecule has 1 aromatic rings. The van der Waals surface area contributed by atoms with Crippen molar-refractivity contribution in [2.75, 3.05) is 11.4 Å². The number of benzene rings is 1. The topological polar surface area (TPSA) is 57.6 Å². The van der Waals surface area contributed by atoms with E-state index in [4.69, 9.17) is 5.11 Å². The minimum atomic E-state index is -0.981. The Morgan fingerprint density at radius 3 is 2.81 bits per heavy atom. The van der Waals surface area contributed by atoms with E-state index in [1.165, 1.54) is 6.07 Å². The van der Waals surface area contributed by atoms with E-state index in [1.807, 2.05) is 6.92 Å². The molecular formula is C11H10BrNO3. The van der Waals surface area contributed by atoms with Crippen molar-refractivity contribution in [1.82, 2.24) is 0 Å². The third kappa shape index (κ3) is 1.61. The molecule has 0 spiro atoms. The minimum Gasteiger partial charge on any atom is -0.478 e. The van der Waals surface area contributed by atoms with E-state index in [-0.39, 0.29) is 17.9 Å². The molecule has 1 amide bonds. The summed E-state index contributed by atoms with van der Waals surface area (Å²) in [5, 5.41) is 8.91. The fourth-order valence-corrected chi connectivity index (χ4v) is 2.65. The van der Waals surface area contributed by atoms with Crippen molar-refractivity contribution in [3.8, 4) is 0 Å². The molecule has 0 aromatic heterocycles. The molecule has 1 aliphatic rings. The molecule has 0 bridgehead atoms. The first-order valence-electron chi connectivity index (χ1n) is 4.90. The van der Waals surface area contributed by atoms with Crippen LogP contribution in [0.2, 0.25) is 0 Å². The fourth-order valence-electron chi connectivity index (χ4n) is 1.93. The predicted octanol–water partition coefficient (Wildman–Crippen LogP) is 2.06. The number of fused-ring (bicyclic) bond motifs is 1. The van der Waals surface area contributed by atoms with Crippen molar-refractivity contribution >= 4 is 33.5 Å². The lowest BCUT2D eigenvalue weighted by Crippen LogP contribution is -2.26. The second kappa shape index (κ2) is 3.90. The lowest BCUT2D eigenvalue weighted by atomic mass is 10.1. The second-order valence-electron chi connectivity index (χ2n) is 3.59. The van der Waals surface area contributed by atoms with Crippen LogP contribution in [-0.2, 0) is 11.2 Å². The van der Waals surface area contributed by atoms with Gasteiger partial charge in [-0.1, -0.05) is 0 Å². The Hall–Kier alpha value is -1.36. The van der Waals surface area contributed by atoms with Gasteiger partial charge >= 0.3 is 5.97 Å². The number of rotatable bonds is 2. The summed E-state index contributed by atoms with van der Waals surface area (Å²) in [6.07, 6.45) is 0.281. The molecular weight excluding hydrogens is 274 g/mol. The van der Waals surface area contributed by atoms with Gasteiger partial charge < -0.3 is 10.0 Å². The summed E-state index contributed by atoms with van der Waals surface area (Å²) in [5.41, 5.74) is 1.78. The molecule has 1 aromatic carbocycles. The van der Waals surface area contributed by atoms with Crippen LogP contribution in [0.25, 0.3) is 0 Å². The number of carbonyl (C=O) groups is 2. The lowest BCUT2D eigenvalue weighted by Gasteiger charge is -2.16. The van der Waals surface area contributed by atoms with Gasteiger partial charge in [0.2, 0.25) is 5.91 Å². The normalized spacial score (nSPS) is 14.1. The van der Waals surface area contributed by atoms with Crippen LogP contribution in [0.15, 0.2) is 16.6 Å². The van der Waals surface area contributed by atoms with Crippen LogP contribution < -0.4 is 4.90 Å². The maximum atomic E-state index is 11.7. The molecule has 0 aliphatic carbocycles. The average molecular weight is 284 g/mol. The number of amides is 1. The maximum absolute atomic E-state index is 11.7. The number of carboxylic acid groups (broad SMARTS) is 1. The first-order valence-corrected chi connectivity index (χ1v) is 5.70. The zero-order valence-corrected chi connectivity index (χ0v) is 10.2. The van der Waals surface area contributed by atoms with Gasteiger partial charge in [0, 0.05) is 11.0 Å². The second-order valence-corrected chi connectivity index (χ2v) is 4.44. The van der Waals surface area contributed by atoms with Crippen molar-refractivity contribution in [3.05, 3.63) is 27.7 Å². The van der Waals surface area contributed by atoms with E-state index in [1.54, 1.807) is 11.0 Å². The number of halogens is 1. The quantitative estimate of drug-likeness (QED) is 0.904. The molecule has 1 heterocycles. The molecule has 0 atom stereocenters. The molecule has 16 heavy (non-hydrogen) atoms. The summed E-state index contributed by atoms with van der Waals surface area (Å²) in [5.74, 6) is -0.966. The number of anilines is 1. The summed E-state index contributed by atoms with van der Waals surface area (Å²) in [6, 6.07) is 3.10. The molecule has 0 radical (unpaired) electrons. The van der Waals surface area contributed by atoms with E-state index in [0.717, 1.165) is 11.3 Å². The van der Waals surface area contributed by atoms with Crippen LogP contribution in [0.1, 0.15) is 22.8 Å². The van der Waals surface area contributed by atoms with Crippen LogP contribution in [0.4, 0.5) is 5.69 Å². The van der Waals surface area contributed by atoms with Crippen LogP contribution in [0.5, 0.6) is 0 Å². The molecule has 0 unspecified atom stereocenters. The number of nitrogens with zero attached hydrogens (tertiary/aromatic N) is 1. The molecule has 84 valence electrons. The number of carboxylic acids is 1. The standard InChI is InChI=1S/C11H10BrNO3/c1-2-13-9(14)5-6-3-7(11(15)16)4-8(12)10(6)13/h3-4H,2,5H2,1H3,(H,15,16). The number of likely N-dealkylation sites (N-methyl/N-ethyl adjacent to an activating group) is 1. The van der Waals surface area contributed by atoms with Gasteiger partial charge in [-0.3, -0.25) is 4.79 Å². The lowest BCUT2D eigenvalue weighted by molar-refractivity contribution is -0.117. The third-order valence-electron chi connectivity index (χ3n) is 2.62. The van der Waals surface area contributed by atoms with Crippen molar-refractivity contribution in [2.45, 2.75) is 13.3 Å². The predicted molar refractivity (Wildman–Crippen MR) is 62.8 cm³/mol. The van der Waals surface area contributed by atoms with E-state index in [9.17, 15) is 9.59 Å². The average Bonchev–Trinajstić information content (AvgIpc) is 2.53. The van der Waals surface area contributed by atoms with E-state index < -0.39 is 5.97 Å². The highest BCUT2D eigenvalue weighted by Crippen LogP contribution is 2.36. The Balaban J connectivity index is 2.57. The Kier molecular flexibility index (Phi) is 2.71. The number of carbonyl (C=O) groups excluding carboxylic acids is 1. The third-order valence-corrected chi connectivity index (χ3v) is 3.22. The van der Waals surface area contributed by atoms with Gasteiger partial charge in [-0.05, 0) is 40.5 Å². The molecule has 0 saturated carbocycles. The fraction of sp³-hybridized carbons (Fsp3) is 0.273. The zero-order valence-electron chi connectivity index (χ0n) is 8.66. The smallest absolute Gasteiger partial charge is 0.335 e. The zero-order chi connectivity index (χ0) is 11.9. The van der Waals surface area contributed by atoms with Crippen LogP contribution in [0, 0.1) is 0 Å². The highest BCUT2D eigenvalue weighted by atomic mass is 79.9. The molecule has 4 nitrogen and oxygen atoms in total. The van der Waals surface area contributed by atoms with Gasteiger partial charge in [0.25, 0.3) is 0 Å². The van der Waals surface area contributed by atoms with Crippen molar-refractivity contribution in [2.24, 2.45) is 0 Å². The van der Waals surface area contributed by atoms with Gasteiger partial charge in [-0.25, -0.2) is 4.79 Å². The molecule has 1 aliphatic heterocycles.